The number of amides is 2. The zero-order chi connectivity index (χ0) is 86.8. The lowest BCUT2D eigenvalue weighted by molar-refractivity contribution is -0.167. The summed E-state index contributed by atoms with van der Waals surface area (Å²) in [5.41, 5.74) is 0. The molecule has 4 N–H and O–H groups in total. The van der Waals surface area contributed by atoms with Crippen molar-refractivity contribution in [2.75, 3.05) is 66.2 Å². The standard InChI is InChI=1S/C37H67NO8.C36H67NO7.C12H31NP4S4/c1-4-6-8-10-12-14-16-18-20-22-24-26-34(40)44-30-33(31-45-35(41)28-29-38-37(43)32(3)39)46-36(42)27-25-23-21-19-17-15-13-11-9-7-5-2;1-4-6-8-10-12-14-16-18-20-22-24-26-34(39)42-30-33(31-43-35(40)28-29-37-32(3)38)44-36(41)27-25-23-21-19-17-15-13-11-9-7-5-2;1-9(14-5)19-16(7)11(3)21-17(8)12(4)20-15(6)10(2)18-13/h33H,4-31H2,1-3H3,(H,38,43);33H,4-31H2,1-3H3,(H,37,38);9-12,14H,13H2,1-8H3/t2*33-;/m11./s1/i;;10T,11T,12T,14T. The first-order chi connectivity index (χ1) is 54.7. The molecule has 0 heterocycles. The summed E-state index contributed by atoms with van der Waals surface area (Å²) in [7, 11) is -2.89. The van der Waals surface area contributed by atoms with Gasteiger partial charge in [-0.25, -0.2) is 0 Å². The molecule has 0 saturated carbocycles. The fourth-order valence-corrected chi connectivity index (χ4v) is 29.5. The van der Waals surface area contributed by atoms with Gasteiger partial charge in [-0.3, -0.25) is 48.3 Å². The molecule has 0 aromatic rings. The van der Waals surface area contributed by atoms with Gasteiger partial charge in [-0.1, -0.05) is 296 Å². The van der Waals surface area contributed by atoms with Gasteiger partial charge in [0.1, 0.15) is 26.4 Å². The first kappa shape index (κ1) is 106. The van der Waals surface area contributed by atoms with Crippen molar-refractivity contribution >= 4 is 129 Å². The smallest absolute Gasteiger partial charge is 0.307 e. The number of esters is 6. The Bertz CT molecular complexity index is 2470. The van der Waals surface area contributed by atoms with Gasteiger partial charge in [0.2, 0.25) is 11.7 Å². The third-order valence-corrected chi connectivity index (χ3v) is 38.4. The molecule has 18 nitrogen and oxygen atoms in total. The Balaban J connectivity index is -0.00000171. The number of hydrogen-bond acceptors (Lipinski definition) is 20. The minimum atomic E-state index is -0.905. The maximum absolute atomic E-state index is 12.5. The molecular weight excluding hydrogens is 1560 g/mol. The molecular formula is C85H165N3O15P4S4. The highest BCUT2D eigenvalue weighted by Crippen LogP contribution is 2.70. The Hall–Kier alpha value is -1.49. The molecule has 111 heavy (non-hydrogen) atoms. The van der Waals surface area contributed by atoms with Crippen LogP contribution in [-0.4, -0.2) is 153 Å². The monoisotopic (exact) mass is 1730 g/mol. The first-order valence-corrected chi connectivity index (χ1v) is 55.1. The average Bonchev–Trinajstić information content (AvgIpc) is 0.818. The fourth-order valence-electron chi connectivity index (χ4n) is 11.3. The van der Waals surface area contributed by atoms with Crippen LogP contribution in [0.25, 0.3) is 0 Å². The normalized spacial score (nSPS) is 15.2. The van der Waals surface area contributed by atoms with Gasteiger partial charge in [0.25, 0.3) is 5.91 Å². The van der Waals surface area contributed by atoms with Crippen LogP contribution in [0.3, 0.4) is 0 Å². The lowest BCUT2D eigenvalue weighted by Gasteiger charge is -2.29. The lowest BCUT2D eigenvalue weighted by Crippen LogP contribution is -2.33. The summed E-state index contributed by atoms with van der Waals surface area (Å²) in [6.45, 7) is 26.8. The van der Waals surface area contributed by atoms with Gasteiger partial charge < -0.3 is 39.1 Å². The van der Waals surface area contributed by atoms with E-state index < -0.39 is 86.6 Å². The van der Waals surface area contributed by atoms with Crippen LogP contribution in [0.15, 0.2) is 0 Å². The fraction of sp³-hybridized carbons (Fsp3) is 0.894. The van der Waals surface area contributed by atoms with E-state index >= 15 is 0 Å². The molecule has 0 aliphatic rings. The Morgan fingerprint density at radius 3 is 0.847 bits per heavy atom. The number of unbranched alkanes of at least 4 members (excludes halogenated alkanes) is 40. The molecule has 0 aromatic heterocycles. The second kappa shape index (κ2) is 84.9. The molecule has 0 aliphatic carbocycles. The number of rotatable bonds is 76. The van der Waals surface area contributed by atoms with E-state index in [-0.39, 0.29) is 94.0 Å². The average molecular weight is 1730 g/mol. The molecule has 8 unspecified atom stereocenters. The van der Waals surface area contributed by atoms with E-state index in [9.17, 15) is 43.2 Å². The summed E-state index contributed by atoms with van der Waals surface area (Å²) < 4.78 is 66.1. The van der Waals surface area contributed by atoms with Gasteiger partial charge in [0.05, 0.1) is 14.1 Å². The predicted octanol–water partition coefficient (Wildman–Crippen LogP) is 25.0. The van der Waals surface area contributed by atoms with Crippen molar-refractivity contribution in [1.29, 1.82) is 1.28 Å². The van der Waals surface area contributed by atoms with E-state index in [0.29, 0.717) is 12.8 Å². The number of nitrogens with two attached hydrogens (primary N) is 1. The summed E-state index contributed by atoms with van der Waals surface area (Å²) in [6, 6.07) is 0. The van der Waals surface area contributed by atoms with E-state index in [0.717, 1.165) is 95.9 Å². The molecule has 654 valence electrons. The van der Waals surface area contributed by atoms with Crippen LogP contribution in [0.4, 0.5) is 0 Å². The number of hydrogen-bond donors (Lipinski definition) is 3. The van der Waals surface area contributed by atoms with Gasteiger partial charge >= 0.3 is 35.8 Å². The van der Waals surface area contributed by atoms with Gasteiger partial charge in [0.15, 0.2) is 12.2 Å². The molecule has 0 aliphatic heterocycles. The molecule has 0 spiro atoms. The summed E-state index contributed by atoms with van der Waals surface area (Å²) in [5, 5.41) is 10.5. The zero-order valence-electron chi connectivity index (χ0n) is 76.5. The summed E-state index contributed by atoms with van der Waals surface area (Å²) in [4.78, 5) is 105. The SMILES string of the molecule is CCCCCCCCCCCCCC(=O)OC[C@H](COC(=O)CCNC(=O)C(C)=O)OC(=O)CCCCCCCCCCCCC.CCCCCCCCCCCCCC(=O)OC[C@H](COC(=O)CCNC(C)=O)OC(=O)CCCCCCCCCCCCC.[3H]P(C)C(C)SP(C)C([3H])(C)SP(C)C([3H])(C)SP(C)C([3H])(C)SN. The van der Waals surface area contributed by atoms with Crippen LogP contribution >= 0.6 is 76.0 Å². The number of carbonyl (C=O) groups is 9. The number of nitrogens with one attached hydrogen (secondary N) is 2. The third-order valence-electron chi connectivity index (χ3n) is 18.6. The molecule has 0 aromatic carbocycles. The maximum atomic E-state index is 12.5. The van der Waals surface area contributed by atoms with E-state index in [1.807, 2.05) is 34.1 Å². The van der Waals surface area contributed by atoms with Crippen LogP contribution in [0.1, 0.15) is 394 Å². The van der Waals surface area contributed by atoms with Gasteiger partial charge in [-0.15, -0.1) is 42.7 Å². The molecule has 0 saturated heterocycles. The van der Waals surface area contributed by atoms with Crippen molar-refractivity contribution in [3.05, 3.63) is 0 Å². The number of ketones is 1. The zero-order valence-corrected chi connectivity index (χ0v) is 79.3. The molecule has 0 bridgehead atoms. The minimum Gasteiger partial charge on any atom is -0.462 e. The van der Waals surface area contributed by atoms with Crippen molar-refractivity contribution < 1.29 is 75.7 Å². The van der Waals surface area contributed by atoms with Crippen LogP contribution in [0, 0.1) is 0 Å². The van der Waals surface area contributed by atoms with Crippen LogP contribution in [-0.2, 0) is 71.6 Å². The van der Waals surface area contributed by atoms with E-state index in [1.165, 1.54) is 212 Å². The molecule has 0 radical (unpaired) electrons. The highest BCUT2D eigenvalue weighted by molar-refractivity contribution is 8.68. The number of ether oxygens (including phenoxy) is 6. The molecule has 2 amide bonds. The van der Waals surface area contributed by atoms with Crippen LogP contribution < -0.4 is 15.8 Å². The summed E-state index contributed by atoms with van der Waals surface area (Å²) in [5.74, 6) is -4.25. The Kier molecular flexibility index (Phi) is 80.8. The van der Waals surface area contributed by atoms with Crippen molar-refractivity contribution in [3.8, 4) is 0 Å². The summed E-state index contributed by atoms with van der Waals surface area (Å²) >= 11 is 6.01. The summed E-state index contributed by atoms with van der Waals surface area (Å²) in [6.07, 6.45) is 51.8. The Morgan fingerprint density at radius 2 is 0.595 bits per heavy atom. The second-order valence-electron chi connectivity index (χ2n) is 29.2. The topological polar surface area (TPSA) is 259 Å². The molecule has 10 atom stereocenters. The Morgan fingerprint density at radius 1 is 0.360 bits per heavy atom. The van der Waals surface area contributed by atoms with Gasteiger partial charge in [-0.2, -0.15) is 0 Å². The van der Waals surface area contributed by atoms with E-state index in [1.54, 1.807) is 34.1 Å². The molecule has 0 fully saturated rings. The minimum absolute atomic E-state index is 0.0115. The van der Waals surface area contributed by atoms with Crippen LogP contribution in [0.2, 0.25) is 0 Å². The highest BCUT2D eigenvalue weighted by atomic mass is 32.8. The van der Waals surface area contributed by atoms with Crippen molar-refractivity contribution in [1.82, 2.24) is 10.6 Å². The van der Waals surface area contributed by atoms with Gasteiger partial charge in [0, 0.05) is 76.6 Å². The highest BCUT2D eigenvalue weighted by Gasteiger charge is 2.26. The maximum Gasteiger partial charge on any atom is 0.307 e. The third kappa shape index (κ3) is 82.0. The predicted molar refractivity (Wildman–Crippen MR) is 485 cm³/mol. The lowest BCUT2D eigenvalue weighted by atomic mass is 10.1. The van der Waals surface area contributed by atoms with E-state index in [2.05, 4.69) is 58.6 Å². The van der Waals surface area contributed by atoms with Crippen molar-refractivity contribution in [3.63, 3.8) is 0 Å². The van der Waals surface area contributed by atoms with E-state index in [4.69, 9.17) is 39.0 Å². The largest absolute Gasteiger partial charge is 0.462 e. The van der Waals surface area contributed by atoms with Crippen LogP contribution in [0.5, 0.6) is 0 Å². The van der Waals surface area contributed by atoms with Crippen molar-refractivity contribution in [2.24, 2.45) is 5.14 Å². The quantitative estimate of drug-likeness (QED) is 0.0128. The number of Topliss-reactive ketones (excluding diaryl/α,β-unsaturated/α-hetero) is 1. The number of carbonyl (C=O) groups excluding carboxylic acids is 9. The second-order valence-corrected chi connectivity index (χ2v) is 46.8. The molecule has 0 rings (SSSR count). The van der Waals surface area contributed by atoms with Crippen molar-refractivity contribution in [2.45, 2.75) is 422 Å². The Labute approximate surface area is 706 Å². The van der Waals surface area contributed by atoms with Gasteiger partial charge in [-0.05, 0) is 101 Å². The first-order valence-electron chi connectivity index (χ1n) is 45.1. The molecule has 26 heteroatoms.